The third-order valence-electron chi connectivity index (χ3n) is 11.1. The molecule has 9 aromatic carbocycles. The van der Waals surface area contributed by atoms with Crippen LogP contribution in [0.1, 0.15) is 0 Å². The molecule has 57 heavy (non-hydrogen) atoms. The van der Waals surface area contributed by atoms with Crippen LogP contribution in [0.5, 0.6) is 0 Å². The fourth-order valence-corrected chi connectivity index (χ4v) is 10.7. The van der Waals surface area contributed by atoms with Crippen molar-refractivity contribution in [3.8, 4) is 44.5 Å². The van der Waals surface area contributed by atoms with Gasteiger partial charge >= 0.3 is 0 Å². The standard InChI is InChI=1S/C54H35NS2/c1-3-13-36(14-4-1)37-25-27-38(28-26-37)39-29-31-41(32-30-39)55(49-21-11-20-46-44-17-7-9-22-50(44)57-54(46)49)42-33-34-43(40-15-5-2-6-16-40)48(35-42)45-19-12-24-52-53(45)47-18-8-10-23-51(47)56-52/h1-35H. The Morgan fingerprint density at radius 1 is 0.298 bits per heavy atom. The van der Waals surface area contributed by atoms with E-state index in [1.54, 1.807) is 0 Å². The normalized spacial score (nSPS) is 11.5. The summed E-state index contributed by atoms with van der Waals surface area (Å²) in [6, 6.07) is 77.6. The van der Waals surface area contributed by atoms with Gasteiger partial charge in [0, 0.05) is 47.0 Å². The van der Waals surface area contributed by atoms with Gasteiger partial charge in [-0.3, -0.25) is 0 Å². The number of anilines is 3. The molecule has 0 aliphatic rings. The molecule has 0 N–H and O–H groups in total. The van der Waals surface area contributed by atoms with Gasteiger partial charge in [0.15, 0.2) is 0 Å². The molecule has 0 unspecified atom stereocenters. The Balaban J connectivity index is 1.11. The highest BCUT2D eigenvalue weighted by atomic mass is 32.1. The predicted molar refractivity (Wildman–Crippen MR) is 249 cm³/mol. The van der Waals surface area contributed by atoms with Crippen LogP contribution in [0.25, 0.3) is 84.9 Å². The molecule has 0 amide bonds. The first kappa shape index (κ1) is 33.5. The predicted octanol–water partition coefficient (Wildman–Crippen LogP) is 16.6. The summed E-state index contributed by atoms with van der Waals surface area (Å²) in [6.07, 6.45) is 0. The van der Waals surface area contributed by atoms with Gasteiger partial charge in [-0.25, -0.2) is 0 Å². The van der Waals surface area contributed by atoms with E-state index in [-0.39, 0.29) is 0 Å². The molecule has 0 fully saturated rings. The number of benzene rings is 9. The van der Waals surface area contributed by atoms with Gasteiger partial charge in [-0.05, 0) is 93.0 Å². The lowest BCUT2D eigenvalue weighted by molar-refractivity contribution is 1.30. The summed E-state index contributed by atoms with van der Waals surface area (Å²) < 4.78 is 5.19. The zero-order chi connectivity index (χ0) is 37.7. The van der Waals surface area contributed by atoms with E-state index in [1.165, 1.54) is 90.5 Å². The van der Waals surface area contributed by atoms with Crippen molar-refractivity contribution in [3.63, 3.8) is 0 Å². The van der Waals surface area contributed by atoms with Crippen molar-refractivity contribution in [3.05, 3.63) is 212 Å². The summed E-state index contributed by atoms with van der Waals surface area (Å²) in [5, 5.41) is 5.19. The Morgan fingerprint density at radius 3 is 1.54 bits per heavy atom. The van der Waals surface area contributed by atoms with Crippen molar-refractivity contribution in [1.29, 1.82) is 0 Å². The fraction of sp³-hybridized carbons (Fsp3) is 0. The highest BCUT2D eigenvalue weighted by Gasteiger charge is 2.21. The Hall–Kier alpha value is -6.78. The quantitative estimate of drug-likeness (QED) is 0.156. The van der Waals surface area contributed by atoms with E-state index >= 15 is 0 Å². The van der Waals surface area contributed by atoms with Gasteiger partial charge in [0.2, 0.25) is 0 Å². The van der Waals surface area contributed by atoms with Crippen molar-refractivity contribution in [1.82, 2.24) is 0 Å². The van der Waals surface area contributed by atoms with Crippen molar-refractivity contribution in [2.24, 2.45) is 0 Å². The summed E-state index contributed by atoms with van der Waals surface area (Å²) >= 11 is 3.74. The molecule has 0 radical (unpaired) electrons. The van der Waals surface area contributed by atoms with Crippen molar-refractivity contribution in [2.75, 3.05) is 4.90 Å². The summed E-state index contributed by atoms with van der Waals surface area (Å²) in [5.74, 6) is 0. The summed E-state index contributed by atoms with van der Waals surface area (Å²) in [6.45, 7) is 0. The molecule has 0 aliphatic carbocycles. The molecule has 0 saturated carbocycles. The summed E-state index contributed by atoms with van der Waals surface area (Å²) in [5.41, 5.74) is 13.1. The lowest BCUT2D eigenvalue weighted by Crippen LogP contribution is -2.10. The van der Waals surface area contributed by atoms with Crippen LogP contribution < -0.4 is 4.90 Å². The number of fused-ring (bicyclic) bond motifs is 6. The smallest absolute Gasteiger partial charge is 0.0640 e. The molecule has 2 aromatic heterocycles. The Morgan fingerprint density at radius 2 is 0.825 bits per heavy atom. The van der Waals surface area contributed by atoms with Crippen LogP contribution in [0, 0.1) is 0 Å². The van der Waals surface area contributed by atoms with E-state index in [4.69, 9.17) is 0 Å². The van der Waals surface area contributed by atoms with E-state index in [0.29, 0.717) is 0 Å². The lowest BCUT2D eigenvalue weighted by atomic mass is 9.91. The zero-order valence-corrected chi connectivity index (χ0v) is 32.6. The molecule has 3 heteroatoms. The molecular weight excluding hydrogens is 727 g/mol. The average Bonchev–Trinajstić information content (AvgIpc) is 3.87. The van der Waals surface area contributed by atoms with Gasteiger partial charge < -0.3 is 4.90 Å². The van der Waals surface area contributed by atoms with Crippen LogP contribution in [0.2, 0.25) is 0 Å². The summed E-state index contributed by atoms with van der Waals surface area (Å²) in [7, 11) is 0. The van der Waals surface area contributed by atoms with Crippen LogP contribution in [-0.2, 0) is 0 Å². The molecule has 1 nitrogen and oxygen atoms in total. The molecule has 2 heterocycles. The number of hydrogen-bond acceptors (Lipinski definition) is 3. The van der Waals surface area contributed by atoms with Crippen molar-refractivity contribution >= 4 is 80.1 Å². The third-order valence-corrected chi connectivity index (χ3v) is 13.5. The van der Waals surface area contributed by atoms with Crippen LogP contribution in [0.4, 0.5) is 17.1 Å². The highest BCUT2D eigenvalue weighted by Crippen LogP contribution is 2.48. The molecule has 0 bridgehead atoms. The number of rotatable bonds is 7. The molecule has 0 spiro atoms. The van der Waals surface area contributed by atoms with Crippen LogP contribution in [0.3, 0.4) is 0 Å². The van der Waals surface area contributed by atoms with Crippen LogP contribution >= 0.6 is 22.7 Å². The van der Waals surface area contributed by atoms with E-state index in [9.17, 15) is 0 Å². The van der Waals surface area contributed by atoms with E-state index in [0.717, 1.165) is 11.4 Å². The minimum atomic E-state index is 1.11. The largest absolute Gasteiger partial charge is 0.309 e. The first-order chi connectivity index (χ1) is 28.3. The van der Waals surface area contributed by atoms with Gasteiger partial charge in [-0.15, -0.1) is 22.7 Å². The lowest BCUT2D eigenvalue weighted by Gasteiger charge is -2.27. The highest BCUT2D eigenvalue weighted by molar-refractivity contribution is 7.26. The van der Waals surface area contributed by atoms with Gasteiger partial charge in [-0.1, -0.05) is 164 Å². The second-order valence-electron chi connectivity index (χ2n) is 14.5. The summed E-state index contributed by atoms with van der Waals surface area (Å²) in [4.78, 5) is 2.46. The molecule has 11 aromatic rings. The Labute approximate surface area is 340 Å². The average molecular weight is 762 g/mol. The minimum absolute atomic E-state index is 1.11. The van der Waals surface area contributed by atoms with Crippen molar-refractivity contribution in [2.45, 2.75) is 0 Å². The fourth-order valence-electron chi connectivity index (χ4n) is 8.39. The second-order valence-corrected chi connectivity index (χ2v) is 16.6. The monoisotopic (exact) mass is 761 g/mol. The van der Waals surface area contributed by atoms with E-state index in [1.807, 2.05) is 22.7 Å². The maximum atomic E-state index is 2.46. The number of nitrogens with zero attached hydrogens (tertiary/aromatic N) is 1. The Bertz CT molecular complexity index is 3210. The topological polar surface area (TPSA) is 3.24 Å². The zero-order valence-electron chi connectivity index (χ0n) is 31.0. The maximum absolute atomic E-state index is 2.46. The molecule has 11 rings (SSSR count). The minimum Gasteiger partial charge on any atom is -0.309 e. The van der Waals surface area contributed by atoms with Crippen LogP contribution in [0.15, 0.2) is 212 Å². The van der Waals surface area contributed by atoms with E-state index in [2.05, 4.69) is 217 Å². The molecular formula is C54H35NS2. The van der Waals surface area contributed by atoms with E-state index < -0.39 is 0 Å². The SMILES string of the molecule is c1ccc(-c2ccc(-c3ccc(N(c4ccc(-c5ccccc5)c(-c5cccc6sc7ccccc7c56)c4)c4cccc5c4sc4ccccc45)cc3)cc2)cc1. The number of hydrogen-bond donors (Lipinski definition) is 0. The Kier molecular flexibility index (Phi) is 8.28. The van der Waals surface area contributed by atoms with Gasteiger partial charge in [0.25, 0.3) is 0 Å². The van der Waals surface area contributed by atoms with Gasteiger partial charge in [0.1, 0.15) is 0 Å². The van der Waals surface area contributed by atoms with Crippen LogP contribution in [-0.4, -0.2) is 0 Å². The maximum Gasteiger partial charge on any atom is 0.0640 e. The number of thiophene rings is 2. The molecule has 0 atom stereocenters. The first-order valence-corrected chi connectivity index (χ1v) is 21.0. The molecule has 268 valence electrons. The molecule has 0 aliphatic heterocycles. The molecule has 0 saturated heterocycles. The third kappa shape index (κ3) is 5.91. The van der Waals surface area contributed by atoms with Crippen molar-refractivity contribution < 1.29 is 0 Å². The van der Waals surface area contributed by atoms with Gasteiger partial charge in [-0.2, -0.15) is 0 Å². The van der Waals surface area contributed by atoms with Gasteiger partial charge in [0.05, 0.1) is 10.4 Å². The second kappa shape index (κ2) is 14.1. The first-order valence-electron chi connectivity index (χ1n) is 19.3.